The summed E-state index contributed by atoms with van der Waals surface area (Å²) >= 11 is 13.0. The number of anilines is 1. The van der Waals surface area contributed by atoms with Gasteiger partial charge >= 0.3 is 0 Å². The summed E-state index contributed by atoms with van der Waals surface area (Å²) < 4.78 is 14.3. The van der Waals surface area contributed by atoms with Gasteiger partial charge in [0.1, 0.15) is 5.82 Å². The van der Waals surface area contributed by atoms with Crippen LogP contribution in [0.25, 0.3) is 10.1 Å². The van der Waals surface area contributed by atoms with Gasteiger partial charge in [0.2, 0.25) is 5.91 Å². The van der Waals surface area contributed by atoms with E-state index in [-0.39, 0.29) is 12.4 Å². The highest BCUT2D eigenvalue weighted by atomic mass is 35.5. The van der Waals surface area contributed by atoms with Gasteiger partial charge in [0.25, 0.3) is 5.91 Å². The van der Waals surface area contributed by atoms with Gasteiger partial charge in [-0.1, -0.05) is 29.3 Å². The van der Waals surface area contributed by atoms with E-state index in [9.17, 15) is 14.0 Å². The number of halogens is 3. The lowest BCUT2D eigenvalue weighted by molar-refractivity contribution is -0.115. The van der Waals surface area contributed by atoms with E-state index in [1.807, 2.05) is 0 Å². The number of nitrogens with one attached hydrogen (secondary N) is 2. The number of carbonyl (C=O) groups is 2. The van der Waals surface area contributed by atoms with Gasteiger partial charge in [0.05, 0.1) is 22.1 Å². The number of benzene rings is 2. The van der Waals surface area contributed by atoms with Crippen LogP contribution in [0.1, 0.15) is 9.67 Å². The van der Waals surface area contributed by atoms with E-state index in [4.69, 9.17) is 23.2 Å². The molecule has 4 nitrogen and oxygen atoms in total. The predicted molar refractivity (Wildman–Crippen MR) is 99.2 cm³/mol. The highest BCUT2D eigenvalue weighted by molar-refractivity contribution is 7.20. The Morgan fingerprint density at radius 1 is 1.12 bits per heavy atom. The molecule has 0 saturated heterocycles. The number of carbonyl (C=O) groups excluding carboxylic acids is 2. The third-order valence-corrected chi connectivity index (χ3v) is 5.01. The number of hydrogen-bond donors (Lipinski definition) is 2. The molecule has 1 heterocycles. The predicted octanol–water partition coefficient (Wildman–Crippen LogP) is 4.72. The third kappa shape index (κ3) is 4.10. The smallest absolute Gasteiger partial charge is 0.261 e. The van der Waals surface area contributed by atoms with Crippen LogP contribution >= 0.6 is 34.5 Å². The second kappa shape index (κ2) is 7.39. The van der Waals surface area contributed by atoms with Gasteiger partial charge in [-0.3, -0.25) is 9.59 Å². The topological polar surface area (TPSA) is 58.2 Å². The van der Waals surface area contributed by atoms with E-state index in [1.54, 1.807) is 24.3 Å². The maximum absolute atomic E-state index is 13.7. The molecule has 0 spiro atoms. The van der Waals surface area contributed by atoms with E-state index in [0.29, 0.717) is 30.7 Å². The molecule has 3 rings (SSSR count). The molecule has 0 atom stereocenters. The molecule has 25 heavy (non-hydrogen) atoms. The van der Waals surface area contributed by atoms with Crippen molar-refractivity contribution in [1.29, 1.82) is 0 Å². The SMILES string of the molecule is O=C(CNC(=O)c1cc2c(F)cccc2s1)Nc1cc(Cl)ccc1Cl. The standard InChI is InChI=1S/C17H11Cl2FN2O2S/c18-9-4-5-11(19)13(6-9)22-16(23)8-21-17(24)15-7-10-12(20)2-1-3-14(10)25-15/h1-7H,8H2,(H,21,24)(H,22,23). The highest BCUT2D eigenvalue weighted by Crippen LogP contribution is 2.27. The molecule has 0 fully saturated rings. The normalized spacial score (nSPS) is 10.7. The average Bonchev–Trinajstić information content (AvgIpc) is 3.02. The van der Waals surface area contributed by atoms with Crippen LogP contribution in [0, 0.1) is 5.82 Å². The number of thiophene rings is 1. The van der Waals surface area contributed by atoms with Crippen molar-refractivity contribution in [2.45, 2.75) is 0 Å². The van der Waals surface area contributed by atoms with Crippen molar-refractivity contribution in [3.63, 3.8) is 0 Å². The summed E-state index contributed by atoms with van der Waals surface area (Å²) in [7, 11) is 0. The lowest BCUT2D eigenvalue weighted by Gasteiger charge is -2.08. The molecule has 128 valence electrons. The fourth-order valence-corrected chi connectivity index (χ4v) is 3.50. The first-order valence-corrected chi connectivity index (χ1v) is 8.72. The van der Waals surface area contributed by atoms with Crippen LogP contribution in [-0.4, -0.2) is 18.4 Å². The minimum Gasteiger partial charge on any atom is -0.342 e. The molecule has 0 aliphatic rings. The number of rotatable bonds is 4. The van der Waals surface area contributed by atoms with Gasteiger partial charge in [0.15, 0.2) is 0 Å². The summed E-state index contributed by atoms with van der Waals surface area (Å²) in [6.45, 7) is -0.252. The van der Waals surface area contributed by atoms with Crippen molar-refractivity contribution >= 4 is 62.1 Å². The van der Waals surface area contributed by atoms with Crippen LogP contribution in [0.3, 0.4) is 0 Å². The Bertz CT molecular complexity index is 974. The monoisotopic (exact) mass is 396 g/mol. The maximum Gasteiger partial charge on any atom is 0.261 e. The molecule has 0 unspecified atom stereocenters. The van der Waals surface area contributed by atoms with Crippen molar-refractivity contribution in [2.24, 2.45) is 0 Å². The van der Waals surface area contributed by atoms with Crippen LogP contribution in [-0.2, 0) is 4.79 Å². The number of hydrogen-bond acceptors (Lipinski definition) is 3. The zero-order valence-corrected chi connectivity index (χ0v) is 14.9. The van der Waals surface area contributed by atoms with E-state index >= 15 is 0 Å². The van der Waals surface area contributed by atoms with Gasteiger partial charge in [0, 0.05) is 15.1 Å². The second-order valence-electron chi connectivity index (χ2n) is 5.12. The van der Waals surface area contributed by atoms with Crippen LogP contribution in [0.4, 0.5) is 10.1 Å². The minimum absolute atomic E-state index is 0.252. The molecule has 0 bridgehead atoms. The maximum atomic E-state index is 13.7. The van der Waals surface area contributed by atoms with E-state index in [2.05, 4.69) is 10.6 Å². The molecule has 8 heteroatoms. The van der Waals surface area contributed by atoms with Gasteiger partial charge < -0.3 is 10.6 Å². The Morgan fingerprint density at radius 2 is 1.92 bits per heavy atom. The molecule has 0 radical (unpaired) electrons. The van der Waals surface area contributed by atoms with Crippen molar-refractivity contribution in [3.8, 4) is 0 Å². The first-order valence-electron chi connectivity index (χ1n) is 7.15. The summed E-state index contributed by atoms with van der Waals surface area (Å²) in [5.41, 5.74) is 0.359. The quantitative estimate of drug-likeness (QED) is 0.670. The fraction of sp³-hybridized carbons (Fsp3) is 0.0588. The molecule has 2 N–H and O–H groups in total. The van der Waals surface area contributed by atoms with Gasteiger partial charge in [-0.15, -0.1) is 11.3 Å². The van der Waals surface area contributed by atoms with Gasteiger partial charge in [-0.05, 0) is 36.4 Å². The molecule has 3 aromatic rings. The Kier molecular flexibility index (Phi) is 5.22. The first kappa shape index (κ1) is 17.7. The molecular weight excluding hydrogens is 386 g/mol. The zero-order valence-electron chi connectivity index (χ0n) is 12.6. The van der Waals surface area contributed by atoms with E-state index < -0.39 is 11.8 Å². The van der Waals surface area contributed by atoms with E-state index in [1.165, 1.54) is 18.2 Å². The summed E-state index contributed by atoms with van der Waals surface area (Å²) in [6.07, 6.45) is 0. The zero-order chi connectivity index (χ0) is 18.0. The van der Waals surface area contributed by atoms with Crippen molar-refractivity contribution in [3.05, 3.63) is 63.2 Å². The Hall–Kier alpha value is -2.15. The van der Waals surface area contributed by atoms with Crippen molar-refractivity contribution < 1.29 is 14.0 Å². The summed E-state index contributed by atoms with van der Waals surface area (Å²) in [5, 5.41) is 6.21. The molecule has 0 aliphatic heterocycles. The van der Waals surface area contributed by atoms with Crippen molar-refractivity contribution in [1.82, 2.24) is 5.32 Å². The van der Waals surface area contributed by atoms with Crippen LogP contribution in [0.15, 0.2) is 42.5 Å². The lowest BCUT2D eigenvalue weighted by Crippen LogP contribution is -2.32. The minimum atomic E-state index is -0.454. The lowest BCUT2D eigenvalue weighted by atomic mass is 10.2. The van der Waals surface area contributed by atoms with Crippen LogP contribution in [0.5, 0.6) is 0 Å². The number of fused-ring (bicyclic) bond motifs is 1. The second-order valence-corrected chi connectivity index (χ2v) is 7.04. The Balaban J connectivity index is 1.64. The Morgan fingerprint density at radius 3 is 2.68 bits per heavy atom. The molecule has 0 saturated carbocycles. The van der Waals surface area contributed by atoms with Crippen LogP contribution in [0.2, 0.25) is 10.0 Å². The summed E-state index contributed by atoms with van der Waals surface area (Å²) in [6, 6.07) is 10.8. The molecule has 2 aromatic carbocycles. The van der Waals surface area contributed by atoms with Crippen molar-refractivity contribution in [2.75, 3.05) is 11.9 Å². The molecule has 2 amide bonds. The molecular formula is C17H11Cl2FN2O2S. The fourth-order valence-electron chi connectivity index (χ4n) is 2.17. The number of amides is 2. The molecule has 0 aliphatic carbocycles. The van der Waals surface area contributed by atoms with E-state index in [0.717, 1.165) is 11.3 Å². The third-order valence-electron chi connectivity index (χ3n) is 3.34. The van der Waals surface area contributed by atoms with Crippen LogP contribution < -0.4 is 10.6 Å². The molecule has 1 aromatic heterocycles. The Labute approximate surface area is 156 Å². The highest BCUT2D eigenvalue weighted by Gasteiger charge is 2.14. The first-order chi connectivity index (χ1) is 11.9. The van der Waals surface area contributed by atoms with Gasteiger partial charge in [-0.25, -0.2) is 4.39 Å². The largest absolute Gasteiger partial charge is 0.342 e. The van der Waals surface area contributed by atoms with Gasteiger partial charge in [-0.2, -0.15) is 0 Å². The summed E-state index contributed by atoms with van der Waals surface area (Å²) in [4.78, 5) is 24.4. The average molecular weight is 397 g/mol. The summed E-state index contributed by atoms with van der Waals surface area (Å²) in [5.74, 6) is -1.29.